The number of amides is 1. The first kappa shape index (κ1) is 13.8. The second-order valence-corrected chi connectivity index (χ2v) is 4.38. The van der Waals surface area contributed by atoms with Crippen molar-refractivity contribution in [2.45, 2.75) is 13.0 Å². The quantitative estimate of drug-likeness (QED) is 0.784. The molecule has 0 fully saturated rings. The van der Waals surface area contributed by atoms with E-state index in [4.69, 9.17) is 17.3 Å². The van der Waals surface area contributed by atoms with Crippen LogP contribution in [0.3, 0.4) is 0 Å². The fourth-order valence-corrected chi connectivity index (χ4v) is 1.75. The smallest absolute Gasteiger partial charge is 0.221 e. The maximum atomic E-state index is 11.1. The number of hydrogen-bond donors (Lipinski definition) is 2. The van der Waals surface area contributed by atoms with Crippen LogP contribution in [0.4, 0.5) is 5.69 Å². The van der Waals surface area contributed by atoms with Gasteiger partial charge in [-0.05, 0) is 19.2 Å². The third-order valence-electron chi connectivity index (χ3n) is 2.58. The summed E-state index contributed by atoms with van der Waals surface area (Å²) in [7, 11) is 3.57. The van der Waals surface area contributed by atoms with Crippen LogP contribution in [-0.4, -0.2) is 31.4 Å². The molecule has 4 nitrogen and oxygen atoms in total. The van der Waals surface area contributed by atoms with Gasteiger partial charge in [0, 0.05) is 42.8 Å². The van der Waals surface area contributed by atoms with E-state index in [0.717, 1.165) is 5.56 Å². The molecule has 0 radical (unpaired) electrons. The Morgan fingerprint density at radius 2 is 2.24 bits per heavy atom. The molecule has 3 N–H and O–H groups in total. The summed E-state index contributed by atoms with van der Waals surface area (Å²) in [5.74, 6) is 0.0315. The first-order chi connectivity index (χ1) is 8.04. The van der Waals surface area contributed by atoms with Gasteiger partial charge in [0.25, 0.3) is 0 Å². The highest BCUT2D eigenvalue weighted by atomic mass is 35.5. The number of nitrogens with zero attached hydrogens (tertiary/aromatic N) is 1. The van der Waals surface area contributed by atoms with Gasteiger partial charge >= 0.3 is 0 Å². The Hall–Kier alpha value is -1.26. The number of carbonyl (C=O) groups excluding carboxylic acids is 1. The predicted octanol–water partition coefficient (Wildman–Crippen LogP) is 1.49. The fourth-order valence-electron chi connectivity index (χ4n) is 1.51. The Kier molecular flexibility index (Phi) is 5.25. The van der Waals surface area contributed by atoms with Crippen LogP contribution in [0.1, 0.15) is 12.0 Å². The lowest BCUT2D eigenvalue weighted by atomic mass is 10.1. The minimum Gasteiger partial charge on any atom is -0.398 e. The van der Waals surface area contributed by atoms with Gasteiger partial charge < -0.3 is 16.0 Å². The monoisotopic (exact) mass is 255 g/mol. The molecule has 1 rings (SSSR count). The van der Waals surface area contributed by atoms with E-state index < -0.39 is 0 Å². The first-order valence-corrected chi connectivity index (χ1v) is 5.84. The SMILES string of the molecule is CNC(=O)CCN(C)Cc1c(N)cccc1Cl. The maximum Gasteiger partial charge on any atom is 0.221 e. The van der Waals surface area contributed by atoms with E-state index in [9.17, 15) is 4.79 Å². The van der Waals surface area contributed by atoms with Crippen LogP contribution in [0.25, 0.3) is 0 Å². The second kappa shape index (κ2) is 6.47. The zero-order chi connectivity index (χ0) is 12.8. The Labute approximate surface area is 107 Å². The number of benzene rings is 1. The molecule has 0 atom stereocenters. The first-order valence-electron chi connectivity index (χ1n) is 5.46. The average Bonchev–Trinajstić information content (AvgIpc) is 2.31. The van der Waals surface area contributed by atoms with E-state index in [1.807, 2.05) is 30.1 Å². The summed E-state index contributed by atoms with van der Waals surface area (Å²) < 4.78 is 0. The lowest BCUT2D eigenvalue weighted by Crippen LogP contribution is -2.26. The van der Waals surface area contributed by atoms with E-state index >= 15 is 0 Å². The van der Waals surface area contributed by atoms with Crippen molar-refractivity contribution in [2.24, 2.45) is 0 Å². The molecule has 0 aliphatic carbocycles. The molecule has 0 saturated carbocycles. The lowest BCUT2D eigenvalue weighted by molar-refractivity contribution is -0.120. The van der Waals surface area contributed by atoms with Crippen LogP contribution in [0.2, 0.25) is 5.02 Å². The number of hydrogen-bond acceptors (Lipinski definition) is 3. The Balaban J connectivity index is 2.56. The average molecular weight is 256 g/mol. The summed E-state index contributed by atoms with van der Waals surface area (Å²) in [4.78, 5) is 13.1. The number of carbonyl (C=O) groups is 1. The Morgan fingerprint density at radius 3 is 2.82 bits per heavy atom. The molecule has 0 heterocycles. The highest BCUT2D eigenvalue weighted by Gasteiger charge is 2.08. The molecule has 1 amide bonds. The molecule has 17 heavy (non-hydrogen) atoms. The number of halogens is 1. The minimum absolute atomic E-state index is 0.0315. The van der Waals surface area contributed by atoms with E-state index in [2.05, 4.69) is 5.32 Å². The lowest BCUT2D eigenvalue weighted by Gasteiger charge is -2.18. The number of nitrogen functional groups attached to an aromatic ring is 1. The van der Waals surface area contributed by atoms with Crippen molar-refractivity contribution < 1.29 is 4.79 Å². The molecule has 0 aliphatic heterocycles. The molecule has 0 spiro atoms. The number of nitrogens with one attached hydrogen (secondary N) is 1. The second-order valence-electron chi connectivity index (χ2n) is 3.97. The molecule has 0 aromatic heterocycles. The standard InChI is InChI=1S/C12H18ClN3O/c1-15-12(17)6-7-16(2)8-9-10(13)4-3-5-11(9)14/h3-5H,6-8,14H2,1-2H3,(H,15,17). The van der Waals surface area contributed by atoms with Gasteiger partial charge in [-0.15, -0.1) is 0 Å². The van der Waals surface area contributed by atoms with Gasteiger partial charge in [-0.2, -0.15) is 0 Å². The van der Waals surface area contributed by atoms with Crippen molar-refractivity contribution in [3.05, 3.63) is 28.8 Å². The van der Waals surface area contributed by atoms with Gasteiger partial charge in [0.05, 0.1) is 0 Å². The molecule has 0 aliphatic rings. The van der Waals surface area contributed by atoms with Crippen molar-refractivity contribution in [2.75, 3.05) is 26.4 Å². The van der Waals surface area contributed by atoms with Gasteiger partial charge in [-0.3, -0.25) is 4.79 Å². The zero-order valence-corrected chi connectivity index (χ0v) is 10.9. The summed E-state index contributed by atoms with van der Waals surface area (Å²) in [6.07, 6.45) is 0.470. The molecule has 5 heteroatoms. The van der Waals surface area contributed by atoms with Gasteiger partial charge in [-0.25, -0.2) is 0 Å². The van der Waals surface area contributed by atoms with Crippen molar-refractivity contribution in [1.29, 1.82) is 0 Å². The van der Waals surface area contributed by atoms with E-state index in [0.29, 0.717) is 30.2 Å². The summed E-state index contributed by atoms with van der Waals surface area (Å²) in [5, 5.41) is 3.25. The predicted molar refractivity (Wildman–Crippen MR) is 70.9 cm³/mol. The number of rotatable bonds is 5. The molecule has 0 unspecified atom stereocenters. The van der Waals surface area contributed by atoms with Crippen molar-refractivity contribution >= 4 is 23.2 Å². The third-order valence-corrected chi connectivity index (χ3v) is 2.94. The Morgan fingerprint density at radius 1 is 1.53 bits per heavy atom. The van der Waals surface area contributed by atoms with Gasteiger partial charge in [0.1, 0.15) is 0 Å². The van der Waals surface area contributed by atoms with Crippen molar-refractivity contribution in [3.63, 3.8) is 0 Å². The van der Waals surface area contributed by atoms with Crippen LogP contribution in [0.5, 0.6) is 0 Å². The summed E-state index contributed by atoms with van der Waals surface area (Å²) in [5.41, 5.74) is 7.46. The van der Waals surface area contributed by atoms with Crippen molar-refractivity contribution in [1.82, 2.24) is 10.2 Å². The fraction of sp³-hybridized carbons (Fsp3) is 0.417. The minimum atomic E-state index is 0.0315. The van der Waals surface area contributed by atoms with E-state index in [1.54, 1.807) is 7.05 Å². The van der Waals surface area contributed by atoms with Gasteiger partial charge in [0.2, 0.25) is 5.91 Å². The van der Waals surface area contributed by atoms with Crippen LogP contribution in [-0.2, 0) is 11.3 Å². The van der Waals surface area contributed by atoms with E-state index in [1.165, 1.54) is 0 Å². The summed E-state index contributed by atoms with van der Waals surface area (Å²) in [6.45, 7) is 1.31. The molecule has 0 saturated heterocycles. The topological polar surface area (TPSA) is 58.4 Å². The van der Waals surface area contributed by atoms with Gasteiger partial charge in [-0.1, -0.05) is 17.7 Å². The van der Waals surface area contributed by atoms with Gasteiger partial charge in [0.15, 0.2) is 0 Å². The molecule has 94 valence electrons. The number of anilines is 1. The molecule has 0 bridgehead atoms. The molecular weight excluding hydrogens is 238 g/mol. The molecular formula is C12H18ClN3O. The van der Waals surface area contributed by atoms with Crippen LogP contribution >= 0.6 is 11.6 Å². The van der Waals surface area contributed by atoms with Crippen LogP contribution in [0.15, 0.2) is 18.2 Å². The molecule has 1 aromatic carbocycles. The van der Waals surface area contributed by atoms with Crippen LogP contribution in [0, 0.1) is 0 Å². The normalized spacial score (nSPS) is 10.6. The highest BCUT2D eigenvalue weighted by Crippen LogP contribution is 2.23. The Bertz CT molecular complexity index is 375. The zero-order valence-electron chi connectivity index (χ0n) is 10.2. The molecule has 1 aromatic rings. The summed E-state index contributed by atoms with van der Waals surface area (Å²) in [6, 6.07) is 5.47. The van der Waals surface area contributed by atoms with Crippen LogP contribution < -0.4 is 11.1 Å². The third kappa shape index (κ3) is 4.24. The van der Waals surface area contributed by atoms with Crippen molar-refractivity contribution in [3.8, 4) is 0 Å². The van der Waals surface area contributed by atoms with E-state index in [-0.39, 0.29) is 5.91 Å². The maximum absolute atomic E-state index is 11.1. The highest BCUT2D eigenvalue weighted by molar-refractivity contribution is 6.31. The summed E-state index contributed by atoms with van der Waals surface area (Å²) >= 11 is 6.08. The number of nitrogens with two attached hydrogens (primary N) is 1. The largest absolute Gasteiger partial charge is 0.398 e.